The van der Waals surface area contributed by atoms with Gasteiger partial charge in [0.05, 0.1) is 7.11 Å². The second-order valence-corrected chi connectivity index (χ2v) is 2.94. The highest BCUT2D eigenvalue weighted by molar-refractivity contribution is 5.92. The first-order valence-corrected chi connectivity index (χ1v) is 4.25. The van der Waals surface area contributed by atoms with Gasteiger partial charge in [-0.05, 0) is 17.7 Å². The summed E-state index contributed by atoms with van der Waals surface area (Å²) >= 11 is 0. The summed E-state index contributed by atoms with van der Waals surface area (Å²) in [5.41, 5.74) is 0.123. The highest BCUT2D eigenvalue weighted by Crippen LogP contribution is 2.23. The van der Waals surface area contributed by atoms with Crippen molar-refractivity contribution in [1.82, 2.24) is 0 Å². The minimum absolute atomic E-state index is 0.0949. The van der Waals surface area contributed by atoms with Crippen LogP contribution in [0.2, 0.25) is 0 Å². The molecule has 0 saturated heterocycles. The van der Waals surface area contributed by atoms with Gasteiger partial charge in [0.1, 0.15) is 24.1 Å². The van der Waals surface area contributed by atoms with Crippen molar-refractivity contribution < 1.29 is 24.1 Å². The van der Waals surface area contributed by atoms with Crippen LogP contribution < -0.4 is 0 Å². The largest absolute Gasteiger partial charge is 0.507 e. The van der Waals surface area contributed by atoms with Gasteiger partial charge >= 0.3 is 5.97 Å². The molecule has 2 N–H and O–H groups in total. The third-order valence-electron chi connectivity index (χ3n) is 1.96. The molecule has 0 aliphatic carbocycles. The Morgan fingerprint density at radius 1 is 1.60 bits per heavy atom. The lowest BCUT2D eigenvalue weighted by molar-refractivity contribution is 0.0597. The number of esters is 1. The summed E-state index contributed by atoms with van der Waals surface area (Å²) in [7, 11) is 1.17. The number of phenols is 1. The number of benzene rings is 1. The van der Waals surface area contributed by atoms with Gasteiger partial charge in [0.15, 0.2) is 0 Å². The normalized spacial score (nSPS) is 12.2. The van der Waals surface area contributed by atoms with Gasteiger partial charge in [-0.25, -0.2) is 9.18 Å². The summed E-state index contributed by atoms with van der Waals surface area (Å²) in [5.74, 6) is -1.00. The summed E-state index contributed by atoms with van der Waals surface area (Å²) < 4.78 is 16.6. The molecule has 1 aromatic carbocycles. The first-order chi connectivity index (χ1) is 7.10. The maximum Gasteiger partial charge on any atom is 0.341 e. The summed E-state index contributed by atoms with van der Waals surface area (Å²) in [5, 5.41) is 18.5. The smallest absolute Gasteiger partial charge is 0.341 e. The average molecular weight is 214 g/mol. The van der Waals surface area contributed by atoms with Crippen molar-refractivity contribution in [1.29, 1.82) is 0 Å². The number of ether oxygens (including phenoxy) is 1. The van der Waals surface area contributed by atoms with E-state index in [1.54, 1.807) is 0 Å². The van der Waals surface area contributed by atoms with Crippen LogP contribution in [0.15, 0.2) is 18.2 Å². The number of aromatic hydroxyl groups is 1. The maximum absolute atomic E-state index is 12.2. The van der Waals surface area contributed by atoms with Crippen molar-refractivity contribution >= 4 is 5.97 Å². The quantitative estimate of drug-likeness (QED) is 0.741. The Balaban J connectivity index is 3.10. The number of hydrogen-bond donors (Lipinski definition) is 2. The lowest BCUT2D eigenvalue weighted by Gasteiger charge is -2.09. The van der Waals surface area contributed by atoms with E-state index in [0.29, 0.717) is 0 Å². The van der Waals surface area contributed by atoms with E-state index in [0.717, 1.165) is 0 Å². The molecular formula is C10H11FO4. The van der Waals surface area contributed by atoms with Gasteiger partial charge in [0, 0.05) is 0 Å². The van der Waals surface area contributed by atoms with Crippen LogP contribution in [0.5, 0.6) is 5.75 Å². The van der Waals surface area contributed by atoms with Crippen molar-refractivity contribution in [2.75, 3.05) is 13.8 Å². The molecule has 0 radical (unpaired) electrons. The Kier molecular flexibility index (Phi) is 3.62. The number of phenolic OH excluding ortho intramolecular Hbond substituents is 1. The zero-order chi connectivity index (χ0) is 11.4. The maximum atomic E-state index is 12.2. The number of halogens is 1. The summed E-state index contributed by atoms with van der Waals surface area (Å²) in [6.07, 6.45) is -1.30. The van der Waals surface area contributed by atoms with Gasteiger partial charge in [0.2, 0.25) is 0 Å². The fraction of sp³-hybridized carbons (Fsp3) is 0.300. The van der Waals surface area contributed by atoms with Gasteiger partial charge in [-0.3, -0.25) is 0 Å². The topological polar surface area (TPSA) is 66.8 Å². The minimum Gasteiger partial charge on any atom is -0.507 e. The van der Waals surface area contributed by atoms with Crippen LogP contribution in [-0.2, 0) is 4.74 Å². The molecule has 0 heterocycles. The van der Waals surface area contributed by atoms with Crippen molar-refractivity contribution in [3.8, 4) is 5.75 Å². The molecule has 1 atom stereocenters. The van der Waals surface area contributed by atoms with Crippen LogP contribution in [-0.4, -0.2) is 30.0 Å². The Labute approximate surface area is 85.9 Å². The number of aliphatic hydroxyl groups excluding tert-OH is 1. The van der Waals surface area contributed by atoms with E-state index in [1.165, 1.54) is 25.3 Å². The predicted molar refractivity (Wildman–Crippen MR) is 50.4 cm³/mol. The first-order valence-electron chi connectivity index (χ1n) is 4.25. The monoisotopic (exact) mass is 214 g/mol. The second-order valence-electron chi connectivity index (χ2n) is 2.94. The highest BCUT2D eigenvalue weighted by atomic mass is 19.1. The molecule has 4 nitrogen and oxygen atoms in total. The van der Waals surface area contributed by atoms with Crippen LogP contribution in [0.25, 0.3) is 0 Å². The number of aliphatic hydroxyl groups is 1. The van der Waals surface area contributed by atoms with Crippen molar-refractivity contribution in [2.45, 2.75) is 6.10 Å². The number of carbonyl (C=O) groups is 1. The van der Waals surface area contributed by atoms with E-state index in [-0.39, 0.29) is 16.9 Å². The summed E-state index contributed by atoms with van der Waals surface area (Å²) in [6, 6.07) is 3.75. The van der Waals surface area contributed by atoms with Crippen LogP contribution in [0, 0.1) is 0 Å². The third-order valence-corrected chi connectivity index (χ3v) is 1.96. The molecule has 0 aliphatic heterocycles. The van der Waals surface area contributed by atoms with Crippen LogP contribution in [0.3, 0.4) is 0 Å². The molecule has 5 heteroatoms. The molecule has 1 rings (SSSR count). The van der Waals surface area contributed by atoms with Crippen molar-refractivity contribution in [3.05, 3.63) is 29.3 Å². The molecule has 0 amide bonds. The standard InChI is InChI=1S/C10H11FO4/c1-15-10(14)7-4-6(9(13)5-11)2-3-8(7)12/h2-4,9,12-13H,5H2,1H3. The van der Waals surface area contributed by atoms with Gasteiger partial charge in [-0.15, -0.1) is 0 Å². The molecule has 15 heavy (non-hydrogen) atoms. The number of carbonyl (C=O) groups excluding carboxylic acids is 1. The number of rotatable bonds is 3. The first kappa shape index (κ1) is 11.5. The fourth-order valence-corrected chi connectivity index (χ4v) is 1.12. The van der Waals surface area contributed by atoms with Crippen molar-refractivity contribution in [2.24, 2.45) is 0 Å². The van der Waals surface area contributed by atoms with Gasteiger partial charge in [-0.1, -0.05) is 6.07 Å². The number of alkyl halides is 1. The SMILES string of the molecule is COC(=O)c1cc(C(O)CF)ccc1O. The summed E-state index contributed by atoms with van der Waals surface area (Å²) in [4.78, 5) is 11.1. The zero-order valence-electron chi connectivity index (χ0n) is 8.11. The molecule has 0 saturated carbocycles. The molecule has 1 aromatic rings. The molecule has 0 aliphatic rings. The highest BCUT2D eigenvalue weighted by Gasteiger charge is 2.15. The van der Waals surface area contributed by atoms with E-state index < -0.39 is 18.7 Å². The van der Waals surface area contributed by atoms with E-state index in [2.05, 4.69) is 4.74 Å². The van der Waals surface area contributed by atoms with E-state index >= 15 is 0 Å². The second kappa shape index (κ2) is 4.75. The molecule has 0 bridgehead atoms. The van der Waals surface area contributed by atoms with Crippen LogP contribution in [0.1, 0.15) is 22.0 Å². The summed E-state index contributed by atoms with van der Waals surface area (Å²) in [6.45, 7) is -0.953. The molecule has 82 valence electrons. The van der Waals surface area contributed by atoms with Crippen molar-refractivity contribution in [3.63, 3.8) is 0 Å². The zero-order valence-corrected chi connectivity index (χ0v) is 8.11. The average Bonchev–Trinajstić information content (AvgIpc) is 2.27. The Bertz CT molecular complexity index is 364. The lowest BCUT2D eigenvalue weighted by Crippen LogP contribution is -2.05. The molecule has 1 unspecified atom stereocenters. The predicted octanol–water partition coefficient (Wildman–Crippen LogP) is 1.18. The molecule has 0 spiro atoms. The van der Waals surface area contributed by atoms with Crippen LogP contribution in [0.4, 0.5) is 4.39 Å². The lowest BCUT2D eigenvalue weighted by atomic mass is 10.1. The minimum atomic E-state index is -1.30. The number of hydrogen-bond acceptors (Lipinski definition) is 4. The molecule has 0 aromatic heterocycles. The fourth-order valence-electron chi connectivity index (χ4n) is 1.12. The Hall–Kier alpha value is -1.62. The van der Waals surface area contributed by atoms with Gasteiger partial charge in [0.25, 0.3) is 0 Å². The van der Waals surface area contributed by atoms with E-state index in [1.807, 2.05) is 0 Å². The van der Waals surface area contributed by atoms with Crippen LogP contribution >= 0.6 is 0 Å². The van der Waals surface area contributed by atoms with Gasteiger partial charge in [-0.2, -0.15) is 0 Å². The van der Waals surface area contributed by atoms with E-state index in [9.17, 15) is 19.4 Å². The molecular weight excluding hydrogens is 203 g/mol. The van der Waals surface area contributed by atoms with Gasteiger partial charge < -0.3 is 14.9 Å². The molecule has 0 fully saturated rings. The number of methoxy groups -OCH3 is 1. The third kappa shape index (κ3) is 2.44. The van der Waals surface area contributed by atoms with E-state index in [4.69, 9.17) is 0 Å². The Morgan fingerprint density at radius 3 is 2.80 bits per heavy atom. The Morgan fingerprint density at radius 2 is 2.27 bits per heavy atom.